The quantitative estimate of drug-likeness (QED) is 0.757. The first kappa shape index (κ1) is 8.75. The van der Waals surface area contributed by atoms with Crippen molar-refractivity contribution < 1.29 is 5.11 Å². The lowest BCUT2D eigenvalue weighted by Crippen LogP contribution is -2.20. The van der Waals surface area contributed by atoms with E-state index in [0.29, 0.717) is 0 Å². The Morgan fingerprint density at radius 1 is 1.69 bits per heavy atom. The Bertz CT molecular complexity index is 300. The molecule has 0 bridgehead atoms. The van der Waals surface area contributed by atoms with Gasteiger partial charge in [0.1, 0.15) is 0 Å². The Morgan fingerprint density at radius 2 is 2.38 bits per heavy atom. The molecule has 72 valence electrons. The minimum Gasteiger partial charge on any atom is -0.393 e. The number of aliphatic hydroxyl groups excluding tert-OH is 1. The van der Waals surface area contributed by atoms with Gasteiger partial charge in [-0.1, -0.05) is 0 Å². The summed E-state index contributed by atoms with van der Waals surface area (Å²) in [6.07, 6.45) is 7.01. The molecule has 1 aromatic rings. The SMILES string of the molecule is CC(O)C1(Cc2cnn(C)c2)CC1. The van der Waals surface area contributed by atoms with Crippen molar-refractivity contribution in [3.8, 4) is 0 Å². The molecule has 13 heavy (non-hydrogen) atoms. The van der Waals surface area contributed by atoms with Crippen LogP contribution >= 0.6 is 0 Å². The third-order valence-electron chi connectivity index (χ3n) is 3.09. The van der Waals surface area contributed by atoms with Crippen LogP contribution in [0, 0.1) is 5.41 Å². The summed E-state index contributed by atoms with van der Waals surface area (Å²) in [6, 6.07) is 0. The second-order valence-electron chi connectivity index (χ2n) is 4.24. The van der Waals surface area contributed by atoms with Crippen LogP contribution in [0.5, 0.6) is 0 Å². The van der Waals surface area contributed by atoms with Crippen LogP contribution in [0.25, 0.3) is 0 Å². The molecular weight excluding hydrogens is 164 g/mol. The highest BCUT2D eigenvalue weighted by Gasteiger charge is 2.46. The first-order valence-corrected chi connectivity index (χ1v) is 4.78. The molecule has 0 aromatic carbocycles. The summed E-state index contributed by atoms with van der Waals surface area (Å²) in [6.45, 7) is 1.89. The van der Waals surface area contributed by atoms with Crippen LogP contribution < -0.4 is 0 Å². The van der Waals surface area contributed by atoms with E-state index in [9.17, 15) is 5.11 Å². The van der Waals surface area contributed by atoms with E-state index in [1.54, 1.807) is 0 Å². The van der Waals surface area contributed by atoms with E-state index >= 15 is 0 Å². The first-order chi connectivity index (χ1) is 6.12. The molecule has 0 amide bonds. The molecule has 0 radical (unpaired) electrons. The predicted octanol–water partition coefficient (Wildman–Crippen LogP) is 1.12. The molecule has 0 spiro atoms. The normalized spacial score (nSPS) is 21.5. The number of aromatic nitrogens is 2. The van der Waals surface area contributed by atoms with Crippen LogP contribution in [0.15, 0.2) is 12.4 Å². The van der Waals surface area contributed by atoms with Gasteiger partial charge in [-0.2, -0.15) is 5.10 Å². The number of hydrogen-bond acceptors (Lipinski definition) is 2. The largest absolute Gasteiger partial charge is 0.393 e. The van der Waals surface area contributed by atoms with E-state index in [0.717, 1.165) is 19.3 Å². The zero-order valence-corrected chi connectivity index (χ0v) is 8.20. The summed E-state index contributed by atoms with van der Waals surface area (Å²) in [5.41, 5.74) is 1.41. The van der Waals surface area contributed by atoms with Gasteiger partial charge < -0.3 is 5.11 Å². The zero-order chi connectivity index (χ0) is 9.47. The fourth-order valence-electron chi connectivity index (χ4n) is 1.87. The van der Waals surface area contributed by atoms with Crippen molar-refractivity contribution >= 4 is 0 Å². The highest BCUT2D eigenvalue weighted by molar-refractivity contribution is 5.12. The van der Waals surface area contributed by atoms with Crippen LogP contribution in [0.2, 0.25) is 0 Å². The van der Waals surface area contributed by atoms with Gasteiger partial charge in [0.25, 0.3) is 0 Å². The first-order valence-electron chi connectivity index (χ1n) is 4.78. The molecule has 2 rings (SSSR count). The fraction of sp³-hybridized carbons (Fsp3) is 0.700. The lowest BCUT2D eigenvalue weighted by Gasteiger charge is -2.16. The van der Waals surface area contributed by atoms with Crippen LogP contribution in [-0.2, 0) is 13.5 Å². The van der Waals surface area contributed by atoms with Crippen molar-refractivity contribution in [1.29, 1.82) is 0 Å². The van der Waals surface area contributed by atoms with E-state index in [4.69, 9.17) is 0 Å². The Balaban J connectivity index is 2.06. The van der Waals surface area contributed by atoms with Gasteiger partial charge in [-0.05, 0) is 31.7 Å². The van der Waals surface area contributed by atoms with Crippen LogP contribution in [-0.4, -0.2) is 21.0 Å². The number of hydrogen-bond donors (Lipinski definition) is 1. The minimum atomic E-state index is -0.187. The van der Waals surface area contributed by atoms with Crippen molar-refractivity contribution in [1.82, 2.24) is 9.78 Å². The number of nitrogens with zero attached hydrogens (tertiary/aromatic N) is 2. The number of rotatable bonds is 3. The molecular formula is C10H16N2O. The minimum absolute atomic E-state index is 0.170. The molecule has 1 aromatic heterocycles. The highest BCUT2D eigenvalue weighted by atomic mass is 16.3. The van der Waals surface area contributed by atoms with E-state index in [-0.39, 0.29) is 11.5 Å². The zero-order valence-electron chi connectivity index (χ0n) is 8.20. The second-order valence-corrected chi connectivity index (χ2v) is 4.24. The van der Waals surface area contributed by atoms with Crippen molar-refractivity contribution in [2.24, 2.45) is 12.5 Å². The summed E-state index contributed by atoms with van der Waals surface area (Å²) >= 11 is 0. The average molecular weight is 180 g/mol. The van der Waals surface area contributed by atoms with Gasteiger partial charge in [0.15, 0.2) is 0 Å². The van der Waals surface area contributed by atoms with E-state index in [1.165, 1.54) is 5.56 Å². The maximum absolute atomic E-state index is 9.58. The lowest BCUT2D eigenvalue weighted by atomic mass is 9.93. The van der Waals surface area contributed by atoms with Gasteiger partial charge in [-0.3, -0.25) is 4.68 Å². The summed E-state index contributed by atoms with van der Waals surface area (Å²) in [4.78, 5) is 0. The van der Waals surface area contributed by atoms with Crippen molar-refractivity contribution in [3.63, 3.8) is 0 Å². The molecule has 1 heterocycles. The number of aryl methyl sites for hydroxylation is 1. The standard InChI is InChI=1S/C10H16N2O/c1-8(13)10(3-4-10)5-9-6-11-12(2)7-9/h6-8,13H,3-5H2,1-2H3. The molecule has 3 heteroatoms. The lowest BCUT2D eigenvalue weighted by molar-refractivity contribution is 0.110. The monoisotopic (exact) mass is 180 g/mol. The van der Waals surface area contributed by atoms with E-state index in [2.05, 4.69) is 5.10 Å². The maximum Gasteiger partial charge on any atom is 0.0571 e. The van der Waals surface area contributed by atoms with Gasteiger partial charge in [-0.25, -0.2) is 0 Å². The van der Waals surface area contributed by atoms with Gasteiger partial charge in [-0.15, -0.1) is 0 Å². The average Bonchev–Trinajstić information content (AvgIpc) is 2.72. The summed E-state index contributed by atoms with van der Waals surface area (Å²) in [5.74, 6) is 0. The molecule has 0 saturated heterocycles. The van der Waals surface area contributed by atoms with Gasteiger partial charge in [0.2, 0.25) is 0 Å². The van der Waals surface area contributed by atoms with Crippen molar-refractivity contribution in [3.05, 3.63) is 18.0 Å². The predicted molar refractivity (Wildman–Crippen MR) is 50.3 cm³/mol. The Labute approximate surface area is 78.4 Å². The smallest absolute Gasteiger partial charge is 0.0571 e. The van der Waals surface area contributed by atoms with Gasteiger partial charge in [0.05, 0.1) is 12.3 Å². The third kappa shape index (κ3) is 1.61. The van der Waals surface area contributed by atoms with Gasteiger partial charge in [0, 0.05) is 18.7 Å². The molecule has 1 saturated carbocycles. The van der Waals surface area contributed by atoms with Crippen LogP contribution in [0.4, 0.5) is 0 Å². The summed E-state index contributed by atoms with van der Waals surface area (Å²) in [7, 11) is 1.92. The number of aliphatic hydroxyl groups is 1. The molecule has 1 atom stereocenters. The highest BCUT2D eigenvalue weighted by Crippen LogP contribution is 2.51. The third-order valence-corrected chi connectivity index (χ3v) is 3.09. The van der Waals surface area contributed by atoms with Crippen LogP contribution in [0.3, 0.4) is 0 Å². The maximum atomic E-state index is 9.58. The van der Waals surface area contributed by atoms with Crippen molar-refractivity contribution in [2.45, 2.75) is 32.3 Å². The molecule has 1 N–H and O–H groups in total. The molecule has 1 aliphatic rings. The fourth-order valence-corrected chi connectivity index (χ4v) is 1.87. The topological polar surface area (TPSA) is 38.1 Å². The molecule has 1 unspecified atom stereocenters. The Kier molecular flexibility index (Phi) is 1.91. The van der Waals surface area contributed by atoms with Crippen LogP contribution in [0.1, 0.15) is 25.3 Å². The van der Waals surface area contributed by atoms with E-state index < -0.39 is 0 Å². The Morgan fingerprint density at radius 3 is 2.77 bits per heavy atom. The summed E-state index contributed by atoms with van der Waals surface area (Å²) in [5, 5.41) is 13.7. The molecule has 1 fully saturated rings. The second kappa shape index (κ2) is 2.84. The van der Waals surface area contributed by atoms with E-state index in [1.807, 2.05) is 31.0 Å². The molecule has 0 aliphatic heterocycles. The van der Waals surface area contributed by atoms with Gasteiger partial charge >= 0.3 is 0 Å². The van der Waals surface area contributed by atoms with Crippen molar-refractivity contribution in [2.75, 3.05) is 0 Å². The summed E-state index contributed by atoms with van der Waals surface area (Å²) < 4.78 is 1.81. The molecule has 1 aliphatic carbocycles. The Hall–Kier alpha value is -0.830. The molecule has 3 nitrogen and oxygen atoms in total.